The number of ether oxygens (including phenoxy) is 1. The molecular weight excluding hydrogens is 321 g/mol. The van der Waals surface area contributed by atoms with Crippen LogP contribution in [0.2, 0.25) is 0 Å². The van der Waals surface area contributed by atoms with Crippen LogP contribution in [0, 0.1) is 0 Å². The summed E-state index contributed by atoms with van der Waals surface area (Å²) in [5.41, 5.74) is -0.186. The van der Waals surface area contributed by atoms with E-state index in [0.29, 0.717) is 5.75 Å². The lowest BCUT2D eigenvalue weighted by atomic mass is 10.2. The van der Waals surface area contributed by atoms with Crippen LogP contribution in [-0.4, -0.2) is 23.1 Å². The summed E-state index contributed by atoms with van der Waals surface area (Å²) >= 11 is 0. The molecule has 0 aliphatic heterocycles. The minimum absolute atomic E-state index is 0.0673. The van der Waals surface area contributed by atoms with E-state index in [1.54, 1.807) is 19.9 Å². The summed E-state index contributed by atoms with van der Waals surface area (Å²) in [4.78, 5) is 7.61. The predicted octanol–water partition coefficient (Wildman–Crippen LogP) is 3.94. The van der Waals surface area contributed by atoms with Crippen LogP contribution in [0.3, 0.4) is 0 Å². The molecule has 0 aliphatic carbocycles. The Kier molecular flexibility index (Phi) is 5.48. The fraction of sp³-hybridized carbons (Fsp3) is 0.375. The zero-order valence-electron chi connectivity index (χ0n) is 13.6. The van der Waals surface area contributed by atoms with Crippen molar-refractivity contribution in [2.45, 2.75) is 32.6 Å². The topological polar surface area (TPSA) is 59.1 Å². The van der Waals surface area contributed by atoms with E-state index in [1.165, 1.54) is 7.11 Å². The molecule has 2 rings (SSSR count). The Morgan fingerprint density at radius 3 is 2.50 bits per heavy atom. The van der Waals surface area contributed by atoms with Crippen LogP contribution < -0.4 is 15.4 Å². The third kappa shape index (κ3) is 4.74. The second-order valence-electron chi connectivity index (χ2n) is 5.42. The highest BCUT2D eigenvalue weighted by atomic mass is 19.4. The minimum atomic E-state index is -4.54. The largest absolute Gasteiger partial charge is 0.496 e. The molecule has 2 N–H and O–H groups in total. The maximum Gasteiger partial charge on any atom is 0.433 e. The molecular formula is C16H19F3N4O. The molecule has 1 aromatic carbocycles. The van der Waals surface area contributed by atoms with E-state index < -0.39 is 11.9 Å². The van der Waals surface area contributed by atoms with Crippen molar-refractivity contribution < 1.29 is 17.9 Å². The normalized spacial score (nSPS) is 11.5. The molecule has 2 aromatic rings. The second kappa shape index (κ2) is 7.37. The molecule has 1 aromatic heterocycles. The molecule has 0 atom stereocenters. The van der Waals surface area contributed by atoms with Crippen molar-refractivity contribution in [3.63, 3.8) is 0 Å². The lowest BCUT2D eigenvalue weighted by Gasteiger charge is -2.15. The van der Waals surface area contributed by atoms with Gasteiger partial charge in [0.25, 0.3) is 0 Å². The number of methoxy groups -OCH3 is 1. The molecule has 1 heterocycles. The van der Waals surface area contributed by atoms with Gasteiger partial charge in [0, 0.05) is 24.2 Å². The van der Waals surface area contributed by atoms with Crippen molar-refractivity contribution in [3.8, 4) is 5.75 Å². The summed E-state index contributed by atoms with van der Waals surface area (Å²) in [5.74, 6) is 0.671. The van der Waals surface area contributed by atoms with E-state index >= 15 is 0 Å². The third-order valence-corrected chi connectivity index (χ3v) is 3.09. The lowest BCUT2D eigenvalue weighted by molar-refractivity contribution is -0.141. The fourth-order valence-electron chi connectivity index (χ4n) is 2.04. The summed E-state index contributed by atoms with van der Waals surface area (Å²) in [6, 6.07) is 8.05. The first-order chi connectivity index (χ1) is 11.3. The first-order valence-electron chi connectivity index (χ1n) is 7.38. The van der Waals surface area contributed by atoms with Gasteiger partial charge in [-0.3, -0.25) is 0 Å². The molecule has 0 saturated heterocycles. The minimum Gasteiger partial charge on any atom is -0.496 e. The van der Waals surface area contributed by atoms with E-state index in [0.717, 1.165) is 11.6 Å². The van der Waals surface area contributed by atoms with Gasteiger partial charge >= 0.3 is 6.18 Å². The summed E-state index contributed by atoms with van der Waals surface area (Å²) in [7, 11) is 1.54. The quantitative estimate of drug-likeness (QED) is 0.834. The molecule has 0 saturated carbocycles. The first kappa shape index (κ1) is 17.8. The third-order valence-electron chi connectivity index (χ3n) is 3.09. The number of benzene rings is 1. The number of anilines is 2. The monoisotopic (exact) mass is 340 g/mol. The highest BCUT2D eigenvalue weighted by Crippen LogP contribution is 2.30. The molecule has 0 aliphatic rings. The maximum absolute atomic E-state index is 13.0. The van der Waals surface area contributed by atoms with Crippen LogP contribution in [0.5, 0.6) is 5.75 Å². The molecule has 0 unspecified atom stereocenters. The Morgan fingerprint density at radius 1 is 1.17 bits per heavy atom. The standard InChI is InChI=1S/C16H19F3N4O/c1-10(2)21-15-22-13(16(17,18)19)8-14(23-15)20-9-11-6-4-5-7-12(11)24-3/h4-8,10H,9H2,1-3H3,(H2,20,21,22,23). The predicted molar refractivity (Wildman–Crippen MR) is 86.1 cm³/mol. The van der Waals surface area contributed by atoms with Gasteiger partial charge in [-0.15, -0.1) is 0 Å². The Hall–Kier alpha value is -2.51. The average Bonchev–Trinajstić information content (AvgIpc) is 2.51. The van der Waals surface area contributed by atoms with Crippen molar-refractivity contribution >= 4 is 11.8 Å². The Morgan fingerprint density at radius 2 is 1.88 bits per heavy atom. The molecule has 0 bridgehead atoms. The molecule has 0 amide bonds. The van der Waals surface area contributed by atoms with Crippen LogP contribution in [0.25, 0.3) is 0 Å². The van der Waals surface area contributed by atoms with Crippen LogP contribution >= 0.6 is 0 Å². The number of aromatic nitrogens is 2. The first-order valence-corrected chi connectivity index (χ1v) is 7.38. The van der Waals surface area contributed by atoms with Gasteiger partial charge in [0.1, 0.15) is 11.6 Å². The zero-order chi connectivity index (χ0) is 17.7. The van der Waals surface area contributed by atoms with Gasteiger partial charge in [0.05, 0.1) is 7.11 Å². The van der Waals surface area contributed by atoms with Crippen LogP contribution in [-0.2, 0) is 12.7 Å². The number of halogens is 3. The molecule has 0 fully saturated rings. The lowest BCUT2D eigenvalue weighted by Crippen LogP contribution is -2.17. The van der Waals surface area contributed by atoms with Crippen molar-refractivity contribution in [3.05, 3.63) is 41.6 Å². The van der Waals surface area contributed by atoms with Gasteiger partial charge in [0.15, 0.2) is 5.69 Å². The van der Waals surface area contributed by atoms with Crippen LogP contribution in [0.1, 0.15) is 25.1 Å². The number of hydrogen-bond acceptors (Lipinski definition) is 5. The van der Waals surface area contributed by atoms with Crippen molar-refractivity contribution in [1.82, 2.24) is 9.97 Å². The van der Waals surface area contributed by atoms with E-state index in [-0.39, 0.29) is 24.4 Å². The number of hydrogen-bond donors (Lipinski definition) is 2. The van der Waals surface area contributed by atoms with E-state index in [1.807, 2.05) is 18.2 Å². The summed E-state index contributed by atoms with van der Waals surface area (Å²) in [6.45, 7) is 3.87. The van der Waals surface area contributed by atoms with Gasteiger partial charge in [-0.25, -0.2) is 4.98 Å². The molecule has 8 heteroatoms. The smallest absolute Gasteiger partial charge is 0.433 e. The van der Waals surface area contributed by atoms with Crippen molar-refractivity contribution in [1.29, 1.82) is 0 Å². The molecule has 5 nitrogen and oxygen atoms in total. The number of nitrogens with one attached hydrogen (secondary N) is 2. The molecule has 24 heavy (non-hydrogen) atoms. The molecule has 0 radical (unpaired) electrons. The summed E-state index contributed by atoms with van der Waals surface area (Å²) in [5, 5.41) is 5.68. The number of rotatable bonds is 6. The van der Waals surface area contributed by atoms with Gasteiger partial charge in [-0.2, -0.15) is 18.2 Å². The molecule has 130 valence electrons. The zero-order valence-corrected chi connectivity index (χ0v) is 13.6. The van der Waals surface area contributed by atoms with E-state index in [9.17, 15) is 13.2 Å². The SMILES string of the molecule is COc1ccccc1CNc1cc(C(F)(F)F)nc(NC(C)C)n1. The van der Waals surface area contributed by atoms with Crippen molar-refractivity contribution in [2.24, 2.45) is 0 Å². The number of para-hydroxylation sites is 1. The van der Waals surface area contributed by atoms with E-state index in [2.05, 4.69) is 20.6 Å². The van der Waals surface area contributed by atoms with Crippen LogP contribution in [0.15, 0.2) is 30.3 Å². The number of alkyl halides is 3. The summed E-state index contributed by atoms with van der Waals surface area (Å²) in [6.07, 6.45) is -4.54. The Labute approximate surface area is 138 Å². The van der Waals surface area contributed by atoms with E-state index in [4.69, 9.17) is 4.74 Å². The Bertz CT molecular complexity index is 689. The number of nitrogens with zero attached hydrogens (tertiary/aromatic N) is 2. The molecule has 0 spiro atoms. The average molecular weight is 340 g/mol. The Balaban J connectivity index is 2.25. The summed E-state index contributed by atoms with van der Waals surface area (Å²) < 4.78 is 44.2. The highest BCUT2D eigenvalue weighted by Gasteiger charge is 2.33. The van der Waals surface area contributed by atoms with Gasteiger partial charge in [-0.1, -0.05) is 18.2 Å². The van der Waals surface area contributed by atoms with Crippen LogP contribution in [0.4, 0.5) is 24.9 Å². The second-order valence-corrected chi connectivity index (χ2v) is 5.42. The fourth-order valence-corrected chi connectivity index (χ4v) is 2.04. The van der Waals surface area contributed by atoms with Crippen molar-refractivity contribution in [2.75, 3.05) is 17.7 Å². The van der Waals surface area contributed by atoms with Gasteiger partial charge in [0.2, 0.25) is 5.95 Å². The highest BCUT2D eigenvalue weighted by molar-refractivity contribution is 5.45. The van der Waals surface area contributed by atoms with Gasteiger partial charge in [-0.05, 0) is 19.9 Å². The maximum atomic E-state index is 13.0. The van der Waals surface area contributed by atoms with Gasteiger partial charge < -0.3 is 15.4 Å².